The predicted molar refractivity (Wildman–Crippen MR) is 241 cm³/mol. The standard InChI is InChI=1S/C49H89NO9/c1-4-6-8-10-12-13-14-15-16-17-18-19-20-21-22-23-24-26-28-32-37-43(53)48(57)50-41(39-58-49-47(56)46(55)45(54)44(38-51)59-49)42(52)36-33-29-31-35-40(3)34-30-27-25-11-9-7-5-2/h15-16,30,33-36,41-47,49,51-56H,4-14,17-29,31-32,37-39H2,1-3H3,(H,50,57)/b16-15-,34-30+,36-33+,40-35+/t41?,42-,43-,44?,45-,46?,47?,49-/m1/s1. The fraction of sp³-hybridized carbons (Fsp3) is 0.816. The maximum Gasteiger partial charge on any atom is 0.249 e. The summed E-state index contributed by atoms with van der Waals surface area (Å²) in [4.78, 5) is 13.1. The fourth-order valence-corrected chi connectivity index (χ4v) is 7.31. The summed E-state index contributed by atoms with van der Waals surface area (Å²) in [5.41, 5.74) is 1.18. The number of allylic oxidation sites excluding steroid dienone is 7. The van der Waals surface area contributed by atoms with E-state index in [2.05, 4.69) is 56.5 Å². The van der Waals surface area contributed by atoms with Crippen LogP contribution in [0.4, 0.5) is 0 Å². The first kappa shape index (κ1) is 55.1. The Hall–Kier alpha value is -1.89. The van der Waals surface area contributed by atoms with E-state index in [1.54, 1.807) is 6.08 Å². The average molecular weight is 836 g/mol. The van der Waals surface area contributed by atoms with Gasteiger partial charge in [-0.2, -0.15) is 0 Å². The van der Waals surface area contributed by atoms with Gasteiger partial charge in [0.2, 0.25) is 5.91 Å². The zero-order chi connectivity index (χ0) is 43.4. The Morgan fingerprint density at radius 2 is 1.15 bits per heavy atom. The molecular weight excluding hydrogens is 747 g/mol. The van der Waals surface area contributed by atoms with E-state index < -0.39 is 61.5 Å². The van der Waals surface area contributed by atoms with E-state index in [0.29, 0.717) is 19.3 Å². The molecule has 1 fully saturated rings. The predicted octanol–water partition coefficient (Wildman–Crippen LogP) is 9.20. The van der Waals surface area contributed by atoms with Crippen molar-refractivity contribution in [1.29, 1.82) is 0 Å². The van der Waals surface area contributed by atoms with Gasteiger partial charge in [-0.15, -0.1) is 0 Å². The third kappa shape index (κ3) is 28.4. The van der Waals surface area contributed by atoms with Crippen LogP contribution in [0.25, 0.3) is 0 Å². The van der Waals surface area contributed by atoms with Crippen LogP contribution in [0.3, 0.4) is 0 Å². The highest BCUT2D eigenvalue weighted by molar-refractivity contribution is 5.80. The van der Waals surface area contributed by atoms with Crippen molar-refractivity contribution in [2.45, 2.75) is 243 Å². The van der Waals surface area contributed by atoms with Crippen LogP contribution in [0.15, 0.2) is 48.1 Å². The second kappa shape index (κ2) is 37.8. The first-order valence-corrected chi connectivity index (χ1v) is 23.9. The molecule has 0 saturated carbocycles. The number of aliphatic hydroxyl groups excluding tert-OH is 6. The lowest BCUT2D eigenvalue weighted by molar-refractivity contribution is -0.302. The molecule has 1 rings (SSSR count). The van der Waals surface area contributed by atoms with E-state index in [0.717, 1.165) is 32.1 Å². The molecule has 0 aromatic carbocycles. The van der Waals surface area contributed by atoms with Crippen molar-refractivity contribution in [3.8, 4) is 0 Å². The number of amides is 1. The lowest BCUT2D eigenvalue weighted by Crippen LogP contribution is -2.60. The Kier molecular flexibility index (Phi) is 35.4. The van der Waals surface area contributed by atoms with Crippen LogP contribution in [-0.4, -0.2) is 98.7 Å². The summed E-state index contributed by atoms with van der Waals surface area (Å²) in [5, 5.41) is 64.7. The van der Waals surface area contributed by atoms with Crippen molar-refractivity contribution in [3.63, 3.8) is 0 Å². The molecule has 0 spiro atoms. The molecule has 10 nitrogen and oxygen atoms in total. The summed E-state index contributed by atoms with van der Waals surface area (Å²) in [6.07, 6.45) is 35.9. The van der Waals surface area contributed by atoms with Crippen LogP contribution in [-0.2, 0) is 14.3 Å². The van der Waals surface area contributed by atoms with E-state index in [-0.39, 0.29) is 6.61 Å². The summed E-state index contributed by atoms with van der Waals surface area (Å²) in [5.74, 6) is -0.635. The lowest BCUT2D eigenvalue weighted by atomic mass is 9.99. The van der Waals surface area contributed by atoms with Crippen molar-refractivity contribution in [2.75, 3.05) is 13.2 Å². The van der Waals surface area contributed by atoms with Crippen molar-refractivity contribution >= 4 is 5.91 Å². The number of ether oxygens (including phenoxy) is 2. The molecule has 1 amide bonds. The summed E-state index contributed by atoms with van der Waals surface area (Å²) < 4.78 is 11.1. The third-order valence-electron chi connectivity index (χ3n) is 11.3. The van der Waals surface area contributed by atoms with E-state index in [9.17, 15) is 35.4 Å². The number of unbranched alkanes of at least 4 members (excludes halogenated alkanes) is 22. The highest BCUT2D eigenvalue weighted by Crippen LogP contribution is 2.23. The number of carbonyl (C=O) groups is 1. The highest BCUT2D eigenvalue weighted by atomic mass is 16.7. The van der Waals surface area contributed by atoms with Crippen LogP contribution in [0.5, 0.6) is 0 Å². The number of hydrogen-bond acceptors (Lipinski definition) is 9. The van der Waals surface area contributed by atoms with Crippen LogP contribution in [0, 0.1) is 0 Å². The quantitative estimate of drug-likeness (QED) is 0.0182. The molecule has 1 aliphatic rings. The first-order chi connectivity index (χ1) is 28.7. The largest absolute Gasteiger partial charge is 0.394 e. The Morgan fingerprint density at radius 3 is 1.69 bits per heavy atom. The third-order valence-corrected chi connectivity index (χ3v) is 11.3. The molecule has 1 saturated heterocycles. The van der Waals surface area contributed by atoms with Crippen molar-refractivity contribution < 1.29 is 44.9 Å². The van der Waals surface area contributed by atoms with Gasteiger partial charge >= 0.3 is 0 Å². The van der Waals surface area contributed by atoms with Crippen LogP contribution < -0.4 is 5.32 Å². The molecule has 0 aliphatic carbocycles. The highest BCUT2D eigenvalue weighted by Gasteiger charge is 2.44. The maximum atomic E-state index is 13.1. The maximum absolute atomic E-state index is 13.1. The first-order valence-electron chi connectivity index (χ1n) is 23.9. The van der Waals surface area contributed by atoms with Gasteiger partial charge < -0.3 is 45.4 Å². The van der Waals surface area contributed by atoms with E-state index in [4.69, 9.17) is 9.47 Å². The molecule has 0 aromatic heterocycles. The van der Waals surface area contributed by atoms with Crippen LogP contribution in [0.2, 0.25) is 0 Å². The zero-order valence-corrected chi connectivity index (χ0v) is 37.6. The Labute approximate surface area is 359 Å². The molecule has 1 heterocycles. The minimum Gasteiger partial charge on any atom is -0.394 e. The number of hydrogen-bond donors (Lipinski definition) is 7. The second-order valence-corrected chi connectivity index (χ2v) is 16.9. The molecule has 8 atom stereocenters. The van der Waals surface area contributed by atoms with Gasteiger partial charge in [-0.3, -0.25) is 4.79 Å². The second-order valence-electron chi connectivity index (χ2n) is 16.9. The Bertz CT molecular complexity index is 1110. The fourth-order valence-electron chi connectivity index (χ4n) is 7.31. The molecular formula is C49H89NO9. The molecule has 4 unspecified atom stereocenters. The SMILES string of the molecule is CCCCCCC/C=C/C(C)=C/CC/C=C/[C@@H](O)C(CO[C@@H]1OC(CO)[C@@H](O)C(O)C1O)NC(=O)[C@H](O)CCCCCCCCCCCC/C=C\CCCCCCCC. The van der Waals surface area contributed by atoms with Gasteiger partial charge in [0.15, 0.2) is 6.29 Å². The van der Waals surface area contributed by atoms with Crippen molar-refractivity contribution in [1.82, 2.24) is 5.32 Å². The smallest absolute Gasteiger partial charge is 0.249 e. The topological polar surface area (TPSA) is 169 Å². The number of rotatable bonds is 38. The van der Waals surface area contributed by atoms with Gasteiger partial charge in [-0.1, -0.05) is 178 Å². The Morgan fingerprint density at radius 1 is 0.644 bits per heavy atom. The monoisotopic (exact) mass is 836 g/mol. The van der Waals surface area contributed by atoms with Gasteiger partial charge in [-0.25, -0.2) is 0 Å². The summed E-state index contributed by atoms with van der Waals surface area (Å²) >= 11 is 0. The normalized spacial score (nSPS) is 21.8. The number of nitrogens with one attached hydrogen (secondary N) is 1. The molecule has 1 aliphatic heterocycles. The zero-order valence-electron chi connectivity index (χ0n) is 37.6. The molecule has 344 valence electrons. The van der Waals surface area contributed by atoms with Crippen LogP contribution in [0.1, 0.15) is 194 Å². The molecule has 0 radical (unpaired) electrons. The number of aliphatic hydroxyl groups is 6. The summed E-state index contributed by atoms with van der Waals surface area (Å²) in [6, 6.07) is -1.01. The minimum absolute atomic E-state index is 0.296. The van der Waals surface area contributed by atoms with Gasteiger partial charge in [0, 0.05) is 0 Å². The number of carbonyl (C=O) groups excluding carboxylic acids is 1. The minimum atomic E-state index is -1.62. The van der Waals surface area contributed by atoms with Crippen molar-refractivity contribution in [3.05, 3.63) is 48.1 Å². The summed E-state index contributed by atoms with van der Waals surface area (Å²) in [7, 11) is 0. The van der Waals surface area contributed by atoms with Crippen molar-refractivity contribution in [2.24, 2.45) is 0 Å². The molecule has 59 heavy (non-hydrogen) atoms. The molecule has 7 N–H and O–H groups in total. The van der Waals surface area contributed by atoms with Gasteiger partial charge in [0.05, 0.1) is 25.4 Å². The molecule has 10 heteroatoms. The lowest BCUT2D eigenvalue weighted by Gasteiger charge is -2.40. The molecule has 0 bridgehead atoms. The average Bonchev–Trinajstić information content (AvgIpc) is 3.23. The van der Waals surface area contributed by atoms with E-state index in [1.165, 1.54) is 128 Å². The van der Waals surface area contributed by atoms with E-state index in [1.807, 2.05) is 6.08 Å². The van der Waals surface area contributed by atoms with Gasteiger partial charge in [0.25, 0.3) is 0 Å². The van der Waals surface area contributed by atoms with Gasteiger partial charge in [0.1, 0.15) is 30.5 Å². The van der Waals surface area contributed by atoms with Crippen LogP contribution >= 0.6 is 0 Å². The van der Waals surface area contributed by atoms with Gasteiger partial charge in [-0.05, 0) is 64.7 Å². The Balaban J connectivity index is 2.44. The molecule has 0 aromatic rings. The summed E-state index contributed by atoms with van der Waals surface area (Å²) in [6.45, 7) is 5.61. The van der Waals surface area contributed by atoms with E-state index >= 15 is 0 Å².